The highest BCUT2D eigenvalue weighted by Crippen LogP contribution is 2.49. The SMILES string of the molecule is CCOC(=O)C1=C(C)NC2=C(C(=O)C(C(=O)OCC)C(c3cccc(OC)c3)C2)C1c1cccs1. The molecule has 3 unspecified atom stereocenters. The Labute approximate surface area is 208 Å². The molecule has 2 aromatic rings. The minimum Gasteiger partial charge on any atom is -0.497 e. The number of nitrogens with one attached hydrogen (secondary N) is 1. The second-order valence-electron chi connectivity index (χ2n) is 8.41. The molecule has 3 atom stereocenters. The molecular weight excluding hydrogens is 466 g/mol. The van der Waals surface area contributed by atoms with Crippen molar-refractivity contribution in [3.8, 4) is 5.75 Å². The van der Waals surface area contributed by atoms with Crippen LogP contribution in [0.3, 0.4) is 0 Å². The van der Waals surface area contributed by atoms with Crippen molar-refractivity contribution < 1.29 is 28.6 Å². The van der Waals surface area contributed by atoms with E-state index in [0.717, 1.165) is 10.4 Å². The second kappa shape index (κ2) is 10.5. The summed E-state index contributed by atoms with van der Waals surface area (Å²) in [7, 11) is 1.58. The third-order valence-corrected chi connectivity index (χ3v) is 7.34. The number of dihydropyridines is 1. The molecule has 0 saturated heterocycles. The van der Waals surface area contributed by atoms with Crippen LogP contribution < -0.4 is 10.1 Å². The van der Waals surface area contributed by atoms with Crippen molar-refractivity contribution in [3.63, 3.8) is 0 Å². The molecule has 1 N–H and O–H groups in total. The van der Waals surface area contributed by atoms with Crippen molar-refractivity contribution in [2.45, 2.75) is 39.0 Å². The fourth-order valence-corrected chi connectivity index (χ4v) is 5.78. The lowest BCUT2D eigenvalue weighted by molar-refractivity contribution is -0.152. The number of Topliss-reactive ketones (excluding diaryl/α,β-unsaturated/α-hetero) is 1. The van der Waals surface area contributed by atoms with Crippen LogP contribution in [0.2, 0.25) is 0 Å². The molecule has 7 nitrogen and oxygen atoms in total. The first kappa shape index (κ1) is 24.7. The van der Waals surface area contributed by atoms with E-state index < -0.39 is 29.7 Å². The Morgan fingerprint density at radius 2 is 1.89 bits per heavy atom. The topological polar surface area (TPSA) is 90.9 Å². The largest absolute Gasteiger partial charge is 0.497 e. The molecule has 0 saturated carbocycles. The Morgan fingerprint density at radius 3 is 2.54 bits per heavy atom. The number of hydrogen-bond acceptors (Lipinski definition) is 8. The third kappa shape index (κ3) is 4.62. The predicted octanol–water partition coefficient (Wildman–Crippen LogP) is 4.47. The van der Waals surface area contributed by atoms with Gasteiger partial charge in [-0.1, -0.05) is 18.2 Å². The zero-order valence-electron chi connectivity index (χ0n) is 20.3. The van der Waals surface area contributed by atoms with E-state index in [-0.39, 0.29) is 19.0 Å². The molecule has 1 aliphatic carbocycles. The molecule has 1 aromatic heterocycles. The van der Waals surface area contributed by atoms with Gasteiger partial charge in [-0.15, -0.1) is 11.3 Å². The minimum atomic E-state index is -1.04. The quantitative estimate of drug-likeness (QED) is 0.448. The zero-order valence-corrected chi connectivity index (χ0v) is 21.1. The molecule has 2 aliphatic rings. The summed E-state index contributed by atoms with van der Waals surface area (Å²) in [5.41, 5.74) is 3.00. The van der Waals surface area contributed by atoms with Crippen LogP contribution in [0.5, 0.6) is 5.75 Å². The van der Waals surface area contributed by atoms with E-state index >= 15 is 0 Å². The van der Waals surface area contributed by atoms with E-state index in [9.17, 15) is 14.4 Å². The van der Waals surface area contributed by atoms with E-state index in [1.807, 2.05) is 48.7 Å². The van der Waals surface area contributed by atoms with E-state index in [1.54, 1.807) is 21.0 Å². The summed E-state index contributed by atoms with van der Waals surface area (Å²) in [4.78, 5) is 41.2. The van der Waals surface area contributed by atoms with E-state index in [1.165, 1.54) is 11.3 Å². The highest BCUT2D eigenvalue weighted by Gasteiger charge is 2.49. The first-order chi connectivity index (χ1) is 16.9. The molecule has 35 heavy (non-hydrogen) atoms. The smallest absolute Gasteiger partial charge is 0.336 e. The maximum Gasteiger partial charge on any atom is 0.336 e. The Kier molecular flexibility index (Phi) is 7.40. The van der Waals surface area contributed by atoms with Crippen LogP contribution in [-0.2, 0) is 23.9 Å². The van der Waals surface area contributed by atoms with Crippen LogP contribution in [-0.4, -0.2) is 38.0 Å². The van der Waals surface area contributed by atoms with Crippen LogP contribution >= 0.6 is 11.3 Å². The van der Waals surface area contributed by atoms with Gasteiger partial charge >= 0.3 is 11.9 Å². The van der Waals surface area contributed by atoms with Gasteiger partial charge in [0.05, 0.1) is 31.8 Å². The molecule has 4 rings (SSSR count). The van der Waals surface area contributed by atoms with Gasteiger partial charge in [-0.05, 0) is 56.3 Å². The van der Waals surface area contributed by atoms with Crippen molar-refractivity contribution in [1.82, 2.24) is 5.32 Å². The molecule has 0 radical (unpaired) electrons. The maximum absolute atomic E-state index is 14.2. The summed E-state index contributed by atoms with van der Waals surface area (Å²) in [6, 6.07) is 11.2. The highest BCUT2D eigenvalue weighted by molar-refractivity contribution is 7.10. The van der Waals surface area contributed by atoms with Gasteiger partial charge in [-0.25, -0.2) is 4.79 Å². The van der Waals surface area contributed by atoms with E-state index in [0.29, 0.717) is 34.7 Å². The van der Waals surface area contributed by atoms with Crippen LogP contribution in [0.15, 0.2) is 64.3 Å². The van der Waals surface area contributed by atoms with Gasteiger partial charge in [0.15, 0.2) is 5.78 Å². The van der Waals surface area contributed by atoms with Gasteiger partial charge in [0.25, 0.3) is 0 Å². The van der Waals surface area contributed by atoms with Crippen molar-refractivity contribution >= 4 is 29.1 Å². The Bertz CT molecular complexity index is 1200. The van der Waals surface area contributed by atoms with Gasteiger partial charge in [0.1, 0.15) is 11.7 Å². The summed E-state index contributed by atoms with van der Waals surface area (Å²) in [6.07, 6.45) is 0.410. The highest BCUT2D eigenvalue weighted by atomic mass is 32.1. The van der Waals surface area contributed by atoms with E-state index in [4.69, 9.17) is 14.2 Å². The number of allylic oxidation sites excluding steroid dienone is 3. The van der Waals surface area contributed by atoms with Gasteiger partial charge in [0, 0.05) is 27.8 Å². The minimum absolute atomic E-state index is 0.166. The number of methoxy groups -OCH3 is 1. The van der Waals surface area contributed by atoms with Crippen molar-refractivity contribution in [1.29, 1.82) is 0 Å². The molecule has 184 valence electrons. The summed E-state index contributed by atoms with van der Waals surface area (Å²) < 4.78 is 16.1. The predicted molar refractivity (Wildman–Crippen MR) is 132 cm³/mol. The fourth-order valence-electron chi connectivity index (χ4n) is 4.94. The maximum atomic E-state index is 14.2. The number of ether oxygens (including phenoxy) is 3. The van der Waals surface area contributed by atoms with Gasteiger partial charge in [-0.3, -0.25) is 9.59 Å². The Balaban J connectivity index is 1.87. The number of hydrogen-bond donors (Lipinski definition) is 1. The fraction of sp³-hybridized carbons (Fsp3) is 0.370. The Hall–Kier alpha value is -3.39. The molecule has 8 heteroatoms. The summed E-state index contributed by atoms with van der Waals surface area (Å²) in [5, 5.41) is 5.22. The number of esters is 2. The molecule has 1 aliphatic heterocycles. The number of benzene rings is 1. The third-order valence-electron chi connectivity index (χ3n) is 6.40. The van der Waals surface area contributed by atoms with Crippen molar-refractivity contribution in [2.24, 2.45) is 5.92 Å². The molecular formula is C27H29NO6S. The molecule has 2 heterocycles. The van der Waals surface area contributed by atoms with Gasteiger partial charge in [0.2, 0.25) is 0 Å². The lowest BCUT2D eigenvalue weighted by Gasteiger charge is -2.39. The number of ketones is 1. The van der Waals surface area contributed by atoms with Crippen molar-refractivity contribution in [3.05, 3.63) is 74.8 Å². The first-order valence-corrected chi connectivity index (χ1v) is 12.5. The summed E-state index contributed by atoms with van der Waals surface area (Å²) >= 11 is 1.46. The summed E-state index contributed by atoms with van der Waals surface area (Å²) in [5.74, 6) is -2.82. The number of thiophene rings is 1. The lowest BCUT2D eigenvalue weighted by Crippen LogP contribution is -2.43. The normalized spacial score (nSPS) is 21.8. The van der Waals surface area contributed by atoms with Crippen LogP contribution in [0.1, 0.15) is 49.5 Å². The zero-order chi connectivity index (χ0) is 25.1. The monoisotopic (exact) mass is 495 g/mol. The molecule has 0 amide bonds. The average Bonchev–Trinajstić information content (AvgIpc) is 3.38. The molecule has 1 aromatic carbocycles. The van der Waals surface area contributed by atoms with Crippen LogP contribution in [0, 0.1) is 5.92 Å². The number of carbonyl (C=O) groups is 3. The lowest BCUT2D eigenvalue weighted by atomic mass is 9.68. The number of rotatable bonds is 7. The molecule has 0 fully saturated rings. The van der Waals surface area contributed by atoms with Gasteiger partial charge < -0.3 is 19.5 Å². The van der Waals surface area contributed by atoms with Crippen LogP contribution in [0.25, 0.3) is 0 Å². The Morgan fingerprint density at radius 1 is 1.11 bits per heavy atom. The second-order valence-corrected chi connectivity index (χ2v) is 9.39. The first-order valence-electron chi connectivity index (χ1n) is 11.7. The van der Waals surface area contributed by atoms with Crippen molar-refractivity contribution in [2.75, 3.05) is 20.3 Å². The average molecular weight is 496 g/mol. The number of carbonyl (C=O) groups excluding carboxylic acids is 3. The van der Waals surface area contributed by atoms with Crippen LogP contribution in [0.4, 0.5) is 0 Å². The van der Waals surface area contributed by atoms with Gasteiger partial charge in [-0.2, -0.15) is 0 Å². The molecule has 0 bridgehead atoms. The summed E-state index contributed by atoms with van der Waals surface area (Å²) in [6.45, 7) is 5.67. The van der Waals surface area contributed by atoms with E-state index in [2.05, 4.69) is 5.32 Å². The standard InChI is InChI=1S/C27H29NO6S/c1-5-33-26(30)21-15(3)28-19-14-18(16-9-7-10-17(13-16)32-4)22(27(31)34-6-2)25(29)23(19)24(21)20-11-8-12-35-20/h7-13,18,22,24,28H,5-6,14H2,1-4H3. The molecule has 0 spiro atoms.